The fourth-order valence-electron chi connectivity index (χ4n) is 1.03. The van der Waals surface area contributed by atoms with Crippen LogP contribution in [0, 0.1) is 6.92 Å². The highest BCUT2D eigenvalue weighted by molar-refractivity contribution is 5.96. The molecule has 66 valence electrons. The number of Topliss-reactive ketones (excluding diaryl/α,β-unsaturated/α-hetero) is 1. The van der Waals surface area contributed by atoms with Crippen molar-refractivity contribution in [3.63, 3.8) is 0 Å². The molecule has 0 unspecified atom stereocenters. The summed E-state index contributed by atoms with van der Waals surface area (Å²) in [6.07, 6.45) is 2.81. The minimum atomic E-state index is 0.117. The highest BCUT2D eigenvalue weighted by Gasteiger charge is 2.09. The van der Waals surface area contributed by atoms with E-state index in [1.807, 2.05) is 6.92 Å². The number of hydrogen-bond donors (Lipinski definition) is 2. The Labute approximate surface area is 71.2 Å². The topological polar surface area (TPSA) is 71.8 Å². The minimum absolute atomic E-state index is 0.117. The molecule has 0 aliphatic heterocycles. The van der Waals surface area contributed by atoms with Gasteiger partial charge in [-0.25, -0.2) is 0 Å². The first-order chi connectivity index (χ1) is 5.75. The van der Waals surface area contributed by atoms with E-state index < -0.39 is 0 Å². The molecule has 0 saturated heterocycles. The van der Waals surface area contributed by atoms with Gasteiger partial charge in [0.25, 0.3) is 0 Å². The second-order valence-electron chi connectivity index (χ2n) is 2.72. The van der Waals surface area contributed by atoms with Crippen molar-refractivity contribution in [1.82, 2.24) is 10.2 Å². The molecule has 3 N–H and O–H groups in total. The summed E-state index contributed by atoms with van der Waals surface area (Å²) in [6, 6.07) is 0. The first-order valence-corrected chi connectivity index (χ1v) is 3.99. The van der Waals surface area contributed by atoms with E-state index in [2.05, 4.69) is 10.2 Å². The van der Waals surface area contributed by atoms with Crippen LogP contribution in [0.2, 0.25) is 0 Å². The fourth-order valence-corrected chi connectivity index (χ4v) is 1.03. The number of rotatable bonds is 4. The van der Waals surface area contributed by atoms with Gasteiger partial charge in [-0.2, -0.15) is 5.10 Å². The third-order valence-corrected chi connectivity index (χ3v) is 1.74. The van der Waals surface area contributed by atoms with Gasteiger partial charge in [-0.1, -0.05) is 0 Å². The lowest BCUT2D eigenvalue weighted by Crippen LogP contribution is -2.05. The molecule has 0 spiro atoms. The van der Waals surface area contributed by atoms with Crippen molar-refractivity contribution in [2.24, 2.45) is 5.73 Å². The molecule has 12 heavy (non-hydrogen) atoms. The zero-order chi connectivity index (χ0) is 8.97. The van der Waals surface area contributed by atoms with E-state index in [1.165, 1.54) is 0 Å². The predicted octanol–water partition coefficient (Wildman–Crippen LogP) is 0.640. The molecule has 0 amide bonds. The SMILES string of the molecule is Cc1[nH]ncc1C(=O)CCCN. The number of hydrogen-bond acceptors (Lipinski definition) is 3. The van der Waals surface area contributed by atoms with Crippen molar-refractivity contribution in [3.8, 4) is 0 Å². The number of nitrogens with two attached hydrogens (primary N) is 1. The number of H-pyrrole nitrogens is 1. The Morgan fingerprint density at radius 2 is 2.50 bits per heavy atom. The summed E-state index contributed by atoms with van der Waals surface area (Å²) in [7, 11) is 0. The molecule has 4 nitrogen and oxygen atoms in total. The van der Waals surface area contributed by atoms with Gasteiger partial charge in [0.1, 0.15) is 0 Å². The maximum atomic E-state index is 11.4. The van der Waals surface area contributed by atoms with Gasteiger partial charge in [-0.15, -0.1) is 0 Å². The Hall–Kier alpha value is -1.16. The largest absolute Gasteiger partial charge is 0.330 e. The lowest BCUT2D eigenvalue weighted by Gasteiger charge is -1.96. The summed E-state index contributed by atoms with van der Waals surface area (Å²) in [5.41, 5.74) is 6.81. The molecule has 0 atom stereocenters. The smallest absolute Gasteiger partial charge is 0.166 e. The summed E-state index contributed by atoms with van der Waals surface area (Å²) in [4.78, 5) is 11.4. The zero-order valence-corrected chi connectivity index (χ0v) is 7.13. The number of carbonyl (C=O) groups is 1. The normalized spacial score (nSPS) is 10.2. The van der Waals surface area contributed by atoms with Gasteiger partial charge in [0.15, 0.2) is 5.78 Å². The van der Waals surface area contributed by atoms with Crippen LogP contribution >= 0.6 is 0 Å². The molecule has 0 aliphatic rings. The van der Waals surface area contributed by atoms with Crippen molar-refractivity contribution in [2.45, 2.75) is 19.8 Å². The first kappa shape index (κ1) is 8.93. The fraction of sp³-hybridized carbons (Fsp3) is 0.500. The molecular formula is C8H13N3O. The molecular weight excluding hydrogens is 154 g/mol. The summed E-state index contributed by atoms with van der Waals surface area (Å²) in [6.45, 7) is 2.39. The van der Waals surface area contributed by atoms with Gasteiger partial charge in [0, 0.05) is 12.1 Å². The lowest BCUT2D eigenvalue weighted by atomic mass is 10.1. The summed E-state index contributed by atoms with van der Waals surface area (Å²) < 4.78 is 0. The van der Waals surface area contributed by atoms with Crippen molar-refractivity contribution >= 4 is 5.78 Å². The highest BCUT2D eigenvalue weighted by atomic mass is 16.1. The molecule has 0 bridgehead atoms. The monoisotopic (exact) mass is 167 g/mol. The molecule has 0 saturated carbocycles. The number of aryl methyl sites for hydroxylation is 1. The number of ketones is 1. The zero-order valence-electron chi connectivity index (χ0n) is 7.13. The summed E-state index contributed by atoms with van der Waals surface area (Å²) in [5, 5.41) is 6.50. The van der Waals surface area contributed by atoms with E-state index in [0.29, 0.717) is 18.5 Å². The van der Waals surface area contributed by atoms with Crippen LogP contribution in [-0.2, 0) is 0 Å². The Bertz CT molecular complexity index is 267. The van der Waals surface area contributed by atoms with E-state index in [9.17, 15) is 4.79 Å². The number of nitrogens with one attached hydrogen (secondary N) is 1. The predicted molar refractivity (Wildman–Crippen MR) is 45.9 cm³/mol. The van der Waals surface area contributed by atoms with Gasteiger partial charge in [0.05, 0.1) is 11.8 Å². The Morgan fingerprint density at radius 1 is 1.75 bits per heavy atom. The molecule has 0 fully saturated rings. The van der Waals surface area contributed by atoms with Crippen LogP contribution in [0.1, 0.15) is 28.9 Å². The van der Waals surface area contributed by atoms with Crippen LogP contribution in [0.4, 0.5) is 0 Å². The van der Waals surface area contributed by atoms with Gasteiger partial charge >= 0.3 is 0 Å². The van der Waals surface area contributed by atoms with E-state index in [0.717, 1.165) is 12.1 Å². The molecule has 0 aromatic carbocycles. The second-order valence-corrected chi connectivity index (χ2v) is 2.72. The molecule has 1 aromatic heterocycles. The van der Waals surface area contributed by atoms with E-state index in [-0.39, 0.29) is 5.78 Å². The van der Waals surface area contributed by atoms with E-state index in [1.54, 1.807) is 6.20 Å². The average molecular weight is 167 g/mol. The molecule has 1 rings (SSSR count). The van der Waals surface area contributed by atoms with Crippen LogP contribution in [-0.4, -0.2) is 22.5 Å². The third kappa shape index (κ3) is 1.92. The van der Waals surface area contributed by atoms with Crippen LogP contribution in [0.3, 0.4) is 0 Å². The molecule has 4 heteroatoms. The second kappa shape index (κ2) is 4.01. The van der Waals surface area contributed by atoms with Crippen LogP contribution < -0.4 is 5.73 Å². The van der Waals surface area contributed by atoms with Gasteiger partial charge in [0.2, 0.25) is 0 Å². The Morgan fingerprint density at radius 3 is 3.00 bits per heavy atom. The van der Waals surface area contributed by atoms with Gasteiger partial charge in [-0.05, 0) is 19.9 Å². The van der Waals surface area contributed by atoms with Gasteiger partial charge < -0.3 is 5.73 Å². The Balaban J connectivity index is 2.59. The number of nitrogens with zero attached hydrogens (tertiary/aromatic N) is 1. The van der Waals surface area contributed by atoms with E-state index >= 15 is 0 Å². The average Bonchev–Trinajstić information content (AvgIpc) is 2.47. The number of aromatic nitrogens is 2. The molecule has 0 radical (unpaired) electrons. The highest BCUT2D eigenvalue weighted by Crippen LogP contribution is 2.06. The van der Waals surface area contributed by atoms with Crippen molar-refractivity contribution in [3.05, 3.63) is 17.5 Å². The van der Waals surface area contributed by atoms with Crippen LogP contribution in [0.25, 0.3) is 0 Å². The maximum absolute atomic E-state index is 11.4. The van der Waals surface area contributed by atoms with Crippen molar-refractivity contribution < 1.29 is 4.79 Å². The Kier molecular flexibility index (Phi) is 2.99. The minimum Gasteiger partial charge on any atom is -0.330 e. The van der Waals surface area contributed by atoms with Crippen molar-refractivity contribution in [1.29, 1.82) is 0 Å². The van der Waals surface area contributed by atoms with E-state index in [4.69, 9.17) is 5.73 Å². The quantitative estimate of drug-likeness (QED) is 0.646. The maximum Gasteiger partial charge on any atom is 0.166 e. The molecule has 1 aromatic rings. The summed E-state index contributed by atoms with van der Waals surface area (Å²) >= 11 is 0. The number of carbonyl (C=O) groups excluding carboxylic acids is 1. The molecule has 1 heterocycles. The standard InChI is InChI=1S/C8H13N3O/c1-6-7(5-10-11-6)8(12)3-2-4-9/h5H,2-4,9H2,1H3,(H,10,11). The van der Waals surface area contributed by atoms with Crippen LogP contribution in [0.15, 0.2) is 6.20 Å². The van der Waals surface area contributed by atoms with Crippen LogP contribution in [0.5, 0.6) is 0 Å². The third-order valence-electron chi connectivity index (χ3n) is 1.74. The lowest BCUT2D eigenvalue weighted by molar-refractivity contribution is 0.0980. The van der Waals surface area contributed by atoms with Crippen molar-refractivity contribution in [2.75, 3.05) is 6.54 Å². The van der Waals surface area contributed by atoms with Gasteiger partial charge in [-0.3, -0.25) is 9.89 Å². The first-order valence-electron chi connectivity index (χ1n) is 3.99. The molecule has 0 aliphatic carbocycles. The number of aromatic amines is 1. The summed E-state index contributed by atoms with van der Waals surface area (Å²) in [5.74, 6) is 0.117.